The topological polar surface area (TPSA) is 49.8 Å². The zero-order valence-electron chi connectivity index (χ0n) is 10.6. The number of aromatic nitrogens is 2. The molecule has 0 spiro atoms. The number of nitrogens with zero attached hydrogens (tertiary/aromatic N) is 2. The molecule has 0 saturated heterocycles. The molecule has 1 atom stereocenters. The van der Waals surface area contributed by atoms with Crippen LogP contribution in [0.2, 0.25) is 0 Å². The molecule has 0 amide bonds. The Morgan fingerprint density at radius 3 is 2.72 bits per heavy atom. The van der Waals surface area contributed by atoms with E-state index in [4.69, 9.17) is 0 Å². The summed E-state index contributed by atoms with van der Waals surface area (Å²) in [6.45, 7) is 2.13. The lowest BCUT2D eigenvalue weighted by atomic mass is 10.3. The Bertz CT molecular complexity index is 477. The van der Waals surface area contributed by atoms with E-state index in [-0.39, 0.29) is 6.04 Å². The van der Waals surface area contributed by atoms with Gasteiger partial charge in [-0.15, -0.1) is 11.3 Å². The van der Waals surface area contributed by atoms with E-state index in [9.17, 15) is 0 Å². The molecule has 18 heavy (non-hydrogen) atoms. The van der Waals surface area contributed by atoms with Crippen molar-refractivity contribution in [3.8, 4) is 0 Å². The second-order valence-corrected chi connectivity index (χ2v) is 5.51. The van der Waals surface area contributed by atoms with E-state index in [1.54, 1.807) is 11.3 Å². The first kappa shape index (κ1) is 13.2. The minimum absolute atomic E-state index is 0.249. The molecule has 2 aromatic heterocycles. The third-order valence-corrected chi connectivity index (χ3v) is 4.08. The Morgan fingerprint density at radius 2 is 2.11 bits per heavy atom. The summed E-state index contributed by atoms with van der Waals surface area (Å²) in [5, 5.41) is 9.30. The maximum atomic E-state index is 4.46. The molecule has 2 aromatic rings. The van der Waals surface area contributed by atoms with Gasteiger partial charge in [-0.2, -0.15) is 0 Å². The standard InChI is InChI=1S/C12H16N4S2/c1-8(9-5-4-6-18-9)14-11-7-10(13-2)15-12(16-11)17-3/h4-8H,1-3H3,(H2,13,14,15,16). The van der Waals surface area contributed by atoms with E-state index in [0.29, 0.717) is 0 Å². The second-order valence-electron chi connectivity index (χ2n) is 3.76. The van der Waals surface area contributed by atoms with Gasteiger partial charge in [0, 0.05) is 18.0 Å². The third-order valence-electron chi connectivity index (χ3n) is 2.48. The first-order valence-corrected chi connectivity index (χ1v) is 7.74. The maximum absolute atomic E-state index is 4.46. The molecule has 0 aliphatic carbocycles. The zero-order valence-corrected chi connectivity index (χ0v) is 12.2. The van der Waals surface area contributed by atoms with Crippen LogP contribution < -0.4 is 10.6 Å². The number of hydrogen-bond donors (Lipinski definition) is 2. The van der Waals surface area contributed by atoms with Gasteiger partial charge in [-0.1, -0.05) is 17.8 Å². The average Bonchev–Trinajstić information content (AvgIpc) is 2.92. The summed E-state index contributed by atoms with van der Waals surface area (Å²) >= 11 is 3.28. The predicted octanol–water partition coefficient (Wildman–Crippen LogP) is 3.47. The molecule has 0 aliphatic heterocycles. The summed E-state index contributed by atoms with van der Waals surface area (Å²) in [5.74, 6) is 1.68. The van der Waals surface area contributed by atoms with Crippen molar-refractivity contribution in [2.24, 2.45) is 0 Å². The molecule has 2 rings (SSSR count). The van der Waals surface area contributed by atoms with Crippen molar-refractivity contribution >= 4 is 34.7 Å². The number of thiophene rings is 1. The minimum Gasteiger partial charge on any atom is -0.373 e. The van der Waals surface area contributed by atoms with Gasteiger partial charge in [0.05, 0.1) is 6.04 Å². The lowest BCUT2D eigenvalue weighted by Gasteiger charge is -2.14. The summed E-state index contributed by atoms with van der Waals surface area (Å²) in [6, 6.07) is 6.35. The molecule has 2 N–H and O–H groups in total. The number of hydrogen-bond acceptors (Lipinski definition) is 6. The highest BCUT2D eigenvalue weighted by Gasteiger charge is 2.09. The van der Waals surface area contributed by atoms with E-state index in [1.165, 1.54) is 16.6 Å². The van der Waals surface area contributed by atoms with Crippen molar-refractivity contribution in [2.45, 2.75) is 18.1 Å². The number of nitrogens with one attached hydrogen (secondary N) is 2. The van der Waals surface area contributed by atoms with Crippen LogP contribution in [-0.4, -0.2) is 23.3 Å². The van der Waals surface area contributed by atoms with Crippen molar-refractivity contribution in [1.29, 1.82) is 0 Å². The summed E-state index contributed by atoms with van der Waals surface area (Å²) in [5.41, 5.74) is 0. The SMILES string of the molecule is CNc1cc(NC(C)c2cccs2)nc(SC)n1. The summed E-state index contributed by atoms with van der Waals surface area (Å²) in [7, 11) is 1.86. The van der Waals surface area contributed by atoms with Crippen LogP contribution in [0, 0.1) is 0 Å². The molecule has 0 bridgehead atoms. The minimum atomic E-state index is 0.249. The van der Waals surface area contributed by atoms with E-state index < -0.39 is 0 Å². The molecule has 0 aliphatic rings. The van der Waals surface area contributed by atoms with Crippen LogP contribution in [0.4, 0.5) is 11.6 Å². The van der Waals surface area contributed by atoms with Crippen LogP contribution in [0.15, 0.2) is 28.7 Å². The first-order chi connectivity index (χ1) is 8.72. The Kier molecular flexibility index (Phi) is 4.43. The molecule has 0 radical (unpaired) electrons. The summed E-state index contributed by atoms with van der Waals surface area (Å²) in [4.78, 5) is 10.1. The van der Waals surface area contributed by atoms with Gasteiger partial charge in [-0.3, -0.25) is 0 Å². The Hall–Kier alpha value is -1.27. The van der Waals surface area contributed by atoms with Gasteiger partial charge >= 0.3 is 0 Å². The van der Waals surface area contributed by atoms with Crippen LogP contribution in [0.3, 0.4) is 0 Å². The highest BCUT2D eigenvalue weighted by Crippen LogP contribution is 2.24. The summed E-state index contributed by atoms with van der Waals surface area (Å²) in [6.07, 6.45) is 1.97. The first-order valence-electron chi connectivity index (χ1n) is 5.63. The molecule has 1 unspecified atom stereocenters. The van der Waals surface area contributed by atoms with Crippen LogP contribution in [0.5, 0.6) is 0 Å². The highest BCUT2D eigenvalue weighted by atomic mass is 32.2. The van der Waals surface area contributed by atoms with E-state index in [1.807, 2.05) is 19.4 Å². The molecule has 0 saturated carbocycles. The van der Waals surface area contributed by atoms with Crippen LogP contribution in [-0.2, 0) is 0 Å². The molecule has 0 fully saturated rings. The molecular weight excluding hydrogens is 264 g/mol. The summed E-state index contributed by atoms with van der Waals surface area (Å²) < 4.78 is 0. The van der Waals surface area contributed by atoms with Crippen molar-refractivity contribution in [3.05, 3.63) is 28.5 Å². The monoisotopic (exact) mass is 280 g/mol. The lowest BCUT2D eigenvalue weighted by molar-refractivity contribution is 0.873. The molecule has 0 aromatic carbocycles. The molecule has 6 heteroatoms. The average molecular weight is 280 g/mol. The second kappa shape index (κ2) is 6.06. The van der Waals surface area contributed by atoms with Crippen LogP contribution >= 0.6 is 23.1 Å². The van der Waals surface area contributed by atoms with Gasteiger partial charge in [0.1, 0.15) is 11.6 Å². The van der Waals surface area contributed by atoms with Crippen LogP contribution in [0.1, 0.15) is 17.8 Å². The highest BCUT2D eigenvalue weighted by molar-refractivity contribution is 7.98. The number of rotatable bonds is 5. The third kappa shape index (κ3) is 3.14. The van der Waals surface area contributed by atoms with Gasteiger partial charge in [-0.25, -0.2) is 9.97 Å². The van der Waals surface area contributed by atoms with E-state index in [0.717, 1.165) is 16.8 Å². The van der Waals surface area contributed by atoms with Crippen molar-refractivity contribution in [2.75, 3.05) is 23.9 Å². The van der Waals surface area contributed by atoms with Gasteiger partial charge in [0.15, 0.2) is 5.16 Å². The van der Waals surface area contributed by atoms with E-state index in [2.05, 4.69) is 45.0 Å². The van der Waals surface area contributed by atoms with Gasteiger partial charge in [0.2, 0.25) is 0 Å². The van der Waals surface area contributed by atoms with Gasteiger partial charge in [0.25, 0.3) is 0 Å². The maximum Gasteiger partial charge on any atom is 0.191 e. The van der Waals surface area contributed by atoms with E-state index >= 15 is 0 Å². The lowest BCUT2D eigenvalue weighted by Crippen LogP contribution is -2.08. The fourth-order valence-corrected chi connectivity index (χ4v) is 2.66. The van der Waals surface area contributed by atoms with Crippen LogP contribution in [0.25, 0.3) is 0 Å². The van der Waals surface area contributed by atoms with Crippen molar-refractivity contribution in [3.63, 3.8) is 0 Å². The Labute approximate surface area is 115 Å². The quantitative estimate of drug-likeness (QED) is 0.648. The molecule has 96 valence electrons. The van der Waals surface area contributed by atoms with Crippen molar-refractivity contribution in [1.82, 2.24) is 9.97 Å². The molecular formula is C12H16N4S2. The zero-order chi connectivity index (χ0) is 13.0. The molecule has 4 nitrogen and oxygen atoms in total. The smallest absolute Gasteiger partial charge is 0.191 e. The van der Waals surface area contributed by atoms with Gasteiger partial charge in [-0.05, 0) is 24.6 Å². The largest absolute Gasteiger partial charge is 0.373 e. The number of thioether (sulfide) groups is 1. The predicted molar refractivity (Wildman–Crippen MR) is 79.7 cm³/mol. The fourth-order valence-electron chi connectivity index (χ4n) is 1.55. The van der Waals surface area contributed by atoms with Gasteiger partial charge < -0.3 is 10.6 Å². The fraction of sp³-hybridized carbons (Fsp3) is 0.333. The Morgan fingerprint density at radius 1 is 1.33 bits per heavy atom. The van der Waals surface area contributed by atoms with Crippen molar-refractivity contribution < 1.29 is 0 Å². The normalized spacial score (nSPS) is 12.2. The molecule has 2 heterocycles. The number of anilines is 2. The Balaban J connectivity index is 2.17.